The number of alkyl halides is 3. The molecule has 3 fully saturated rings. The number of amides is 2. The summed E-state index contributed by atoms with van der Waals surface area (Å²) in [5, 5.41) is 10.9. The summed E-state index contributed by atoms with van der Waals surface area (Å²) in [6.07, 6.45) is -4.12. The predicted octanol–water partition coefficient (Wildman–Crippen LogP) is 5.24. The van der Waals surface area contributed by atoms with Crippen molar-refractivity contribution in [1.29, 1.82) is 0 Å². The Morgan fingerprint density at radius 1 is 1.07 bits per heavy atom. The number of para-hydroxylation sites is 1. The van der Waals surface area contributed by atoms with Gasteiger partial charge in [0.25, 0.3) is 0 Å². The lowest BCUT2D eigenvalue weighted by molar-refractivity contribution is -0.137. The maximum absolute atomic E-state index is 13.8. The van der Waals surface area contributed by atoms with Gasteiger partial charge >= 0.3 is 11.0 Å². The molecule has 12 heteroatoms. The number of hydrogen-bond donors (Lipinski definition) is 2. The third-order valence-electron chi connectivity index (χ3n) is 8.82. The fraction of sp³-hybridized carbons (Fsp3) is 0.393. The van der Waals surface area contributed by atoms with Gasteiger partial charge in [-0.3, -0.25) is 14.4 Å². The van der Waals surface area contributed by atoms with Gasteiger partial charge < -0.3 is 14.8 Å². The first-order valence-electron chi connectivity index (χ1n) is 13.0. The van der Waals surface area contributed by atoms with E-state index in [9.17, 15) is 32.7 Å². The molecule has 7 nitrogen and oxygen atoms in total. The van der Waals surface area contributed by atoms with Crippen molar-refractivity contribution >= 4 is 40.6 Å². The van der Waals surface area contributed by atoms with E-state index in [2.05, 4.69) is 4.98 Å². The van der Waals surface area contributed by atoms with Crippen LogP contribution in [0.15, 0.2) is 52.3 Å². The Hall–Kier alpha value is -3.25. The lowest BCUT2D eigenvalue weighted by Gasteiger charge is -2.43. The predicted molar refractivity (Wildman–Crippen MR) is 142 cm³/mol. The van der Waals surface area contributed by atoms with Crippen LogP contribution in [-0.4, -0.2) is 33.8 Å². The number of H-pyrrole nitrogens is 1. The maximum Gasteiger partial charge on any atom is 0.418 e. The second-order valence-electron chi connectivity index (χ2n) is 10.6. The molecule has 3 aromatic rings. The highest BCUT2D eigenvalue weighted by Crippen LogP contribution is 2.69. The summed E-state index contributed by atoms with van der Waals surface area (Å²) < 4.78 is 47.2. The van der Waals surface area contributed by atoms with Crippen molar-refractivity contribution in [1.82, 2.24) is 4.98 Å². The monoisotopic (exact) mass is 588 g/mol. The van der Waals surface area contributed by atoms with Gasteiger partial charge in [-0.05, 0) is 60.9 Å². The van der Waals surface area contributed by atoms with Crippen molar-refractivity contribution in [3.63, 3.8) is 0 Å². The minimum atomic E-state index is -4.72. The van der Waals surface area contributed by atoms with E-state index in [1.807, 2.05) is 0 Å². The zero-order valence-electron chi connectivity index (χ0n) is 21.0. The number of thioether (sulfide) groups is 1. The van der Waals surface area contributed by atoms with Gasteiger partial charge in [-0.25, -0.2) is 4.90 Å². The number of hydrogen-bond acceptors (Lipinski definition) is 7. The summed E-state index contributed by atoms with van der Waals surface area (Å²) in [5.74, 6) is -3.25. The van der Waals surface area contributed by atoms with Gasteiger partial charge in [-0.1, -0.05) is 29.5 Å². The van der Waals surface area contributed by atoms with Crippen LogP contribution in [0.1, 0.15) is 35.3 Å². The summed E-state index contributed by atoms with van der Waals surface area (Å²) >= 11 is 2.60. The average Bonchev–Trinajstić information content (AvgIpc) is 3.64. The largest absolute Gasteiger partial charge is 0.504 e. The highest BCUT2D eigenvalue weighted by molar-refractivity contribution is 8.00. The van der Waals surface area contributed by atoms with Crippen LogP contribution in [0, 0.1) is 29.6 Å². The number of ether oxygens (including phenoxy) is 1. The smallest absolute Gasteiger partial charge is 0.418 e. The van der Waals surface area contributed by atoms with E-state index in [1.165, 1.54) is 30.0 Å². The van der Waals surface area contributed by atoms with Crippen LogP contribution in [0.2, 0.25) is 0 Å². The molecule has 2 N–H and O–H groups in total. The Balaban J connectivity index is 1.32. The molecule has 0 spiro atoms. The number of nitrogens with zero attached hydrogens (tertiary/aromatic N) is 1. The summed E-state index contributed by atoms with van der Waals surface area (Å²) in [6, 6.07) is 9.78. The van der Waals surface area contributed by atoms with Crippen molar-refractivity contribution in [2.75, 3.05) is 11.5 Å². The summed E-state index contributed by atoms with van der Waals surface area (Å²) in [7, 11) is 0. The van der Waals surface area contributed by atoms with Crippen molar-refractivity contribution < 1.29 is 32.6 Å². The number of imide groups is 1. The lowest BCUT2D eigenvalue weighted by atomic mass is 9.68. The normalized spacial score (nSPS) is 30.4. The number of rotatable bonds is 4. The maximum atomic E-state index is 13.8. The number of thiazole rings is 1. The molecule has 3 heterocycles. The molecular formula is C28H23F3N2O5S2. The molecule has 40 heavy (non-hydrogen) atoms. The number of fused-ring (bicyclic) bond motifs is 9. The number of aromatic nitrogens is 1. The molecule has 2 bridgehead atoms. The van der Waals surface area contributed by atoms with E-state index in [0.29, 0.717) is 23.8 Å². The van der Waals surface area contributed by atoms with Crippen LogP contribution >= 0.6 is 23.1 Å². The Labute approximate surface area is 234 Å². The van der Waals surface area contributed by atoms with E-state index in [1.54, 1.807) is 25.1 Å². The molecule has 1 aromatic heterocycles. The molecule has 2 aliphatic carbocycles. The number of halogens is 3. The molecule has 2 saturated carbocycles. The Morgan fingerprint density at radius 3 is 2.52 bits per heavy atom. The minimum Gasteiger partial charge on any atom is -0.504 e. The fourth-order valence-electron chi connectivity index (χ4n) is 7.53. The Kier molecular flexibility index (Phi) is 5.70. The number of phenolic OH excluding ortho intramolecular Hbond substituents is 1. The molecule has 208 valence electrons. The van der Waals surface area contributed by atoms with Crippen LogP contribution in [-0.2, 0) is 15.8 Å². The SMILES string of the molecule is CCOc1cc(C2c3sc(=O)[nH]c3SC3C2[C@H]2C[C@@H]3C3C(=O)N(c4ccccc4C(F)(F)F)C(=O)C32)ccc1O. The molecule has 2 aliphatic heterocycles. The highest BCUT2D eigenvalue weighted by atomic mass is 32.2. The van der Waals surface area contributed by atoms with E-state index in [0.717, 1.165) is 32.7 Å². The average molecular weight is 589 g/mol. The molecule has 4 aliphatic rings. The van der Waals surface area contributed by atoms with Gasteiger partial charge in [0.1, 0.15) is 0 Å². The van der Waals surface area contributed by atoms with E-state index in [-0.39, 0.29) is 39.5 Å². The topological polar surface area (TPSA) is 99.7 Å². The van der Waals surface area contributed by atoms with E-state index < -0.39 is 41.1 Å². The standard InChI is InChI=1S/C28H23F3N2O5S2/c1-2-38-17-9-11(7-8-16(17)34)18-19-12-10-13(22(19)39-24-23(18)40-27(37)32-24)21-20(12)25(35)33(26(21)36)15-6-4-3-5-14(15)28(29,30)31/h3-9,12-13,18-22,34H,2,10H2,1H3,(H,32,37)/t12-,13-,18?,19?,20?,21?,22?/m1/s1. The van der Waals surface area contributed by atoms with Crippen molar-refractivity contribution in [2.45, 2.75) is 35.7 Å². The van der Waals surface area contributed by atoms with Crippen molar-refractivity contribution in [3.8, 4) is 11.5 Å². The second kappa shape index (κ2) is 8.87. The fourth-order valence-corrected chi connectivity index (χ4v) is 10.4. The summed E-state index contributed by atoms with van der Waals surface area (Å²) in [6.45, 7) is 2.14. The van der Waals surface area contributed by atoms with Crippen LogP contribution in [0.4, 0.5) is 18.9 Å². The van der Waals surface area contributed by atoms with Gasteiger partial charge in [0.15, 0.2) is 11.5 Å². The Bertz CT molecular complexity index is 1620. The number of nitrogens with one attached hydrogen (secondary N) is 1. The molecule has 2 amide bonds. The van der Waals surface area contributed by atoms with E-state index >= 15 is 0 Å². The summed E-state index contributed by atoms with van der Waals surface area (Å²) in [5.41, 5.74) is -0.622. The van der Waals surface area contributed by atoms with Crippen LogP contribution < -0.4 is 14.5 Å². The lowest BCUT2D eigenvalue weighted by Crippen LogP contribution is -2.42. The number of phenols is 1. The molecular weight excluding hydrogens is 565 g/mol. The quantitative estimate of drug-likeness (QED) is 0.405. The number of carbonyl (C=O) groups is 2. The van der Waals surface area contributed by atoms with Gasteiger partial charge in [0.05, 0.1) is 34.7 Å². The van der Waals surface area contributed by atoms with Gasteiger partial charge in [-0.2, -0.15) is 13.2 Å². The van der Waals surface area contributed by atoms with Crippen LogP contribution in [0.25, 0.3) is 0 Å². The number of benzene rings is 2. The number of aromatic hydroxyl groups is 1. The van der Waals surface area contributed by atoms with Gasteiger partial charge in [-0.15, -0.1) is 11.8 Å². The second-order valence-corrected chi connectivity index (χ2v) is 12.9. The van der Waals surface area contributed by atoms with Gasteiger partial charge in [0.2, 0.25) is 11.8 Å². The third kappa shape index (κ3) is 3.54. The zero-order valence-corrected chi connectivity index (χ0v) is 22.6. The zero-order chi connectivity index (χ0) is 28.1. The Morgan fingerprint density at radius 2 is 1.80 bits per heavy atom. The van der Waals surface area contributed by atoms with Crippen molar-refractivity contribution in [2.24, 2.45) is 29.6 Å². The highest BCUT2D eigenvalue weighted by Gasteiger charge is 2.70. The molecule has 1 saturated heterocycles. The first-order valence-corrected chi connectivity index (χ1v) is 14.7. The first-order chi connectivity index (χ1) is 19.1. The number of carbonyl (C=O) groups excluding carboxylic acids is 2. The van der Waals surface area contributed by atoms with Gasteiger partial charge in [0, 0.05) is 16.0 Å². The van der Waals surface area contributed by atoms with Crippen molar-refractivity contribution in [3.05, 3.63) is 68.1 Å². The number of aromatic amines is 1. The molecule has 7 rings (SSSR count). The summed E-state index contributed by atoms with van der Waals surface area (Å²) in [4.78, 5) is 44.3. The minimum absolute atomic E-state index is 0.0154. The number of anilines is 1. The molecule has 5 unspecified atom stereocenters. The molecule has 2 aromatic carbocycles. The molecule has 7 atom stereocenters. The van der Waals surface area contributed by atoms with Crippen LogP contribution in [0.5, 0.6) is 11.5 Å². The van der Waals surface area contributed by atoms with E-state index in [4.69, 9.17) is 4.74 Å². The molecule has 0 radical (unpaired) electrons. The van der Waals surface area contributed by atoms with Crippen LogP contribution in [0.3, 0.4) is 0 Å². The first kappa shape index (κ1) is 25.7. The third-order valence-corrected chi connectivity index (χ3v) is 11.4.